The lowest BCUT2D eigenvalue weighted by molar-refractivity contribution is -0.124. The number of rotatable bonds is 5. The molecule has 3 atom stereocenters. The zero-order valence-electron chi connectivity index (χ0n) is 10.0. The highest BCUT2D eigenvalue weighted by Crippen LogP contribution is 2.16. The van der Waals surface area contributed by atoms with Gasteiger partial charge in [0, 0.05) is 12.6 Å². The van der Waals surface area contributed by atoms with Gasteiger partial charge >= 0.3 is 0 Å². The molecule has 0 saturated carbocycles. The molecule has 0 aromatic carbocycles. The third-order valence-electron chi connectivity index (χ3n) is 2.71. The second-order valence-electron chi connectivity index (χ2n) is 4.92. The monoisotopic (exact) mass is 226 g/mol. The number of carbonyl (C=O) groups is 1. The van der Waals surface area contributed by atoms with Crippen LogP contribution >= 0.6 is 0 Å². The van der Waals surface area contributed by atoms with Gasteiger partial charge in [-0.05, 0) is 18.8 Å². The van der Waals surface area contributed by atoms with E-state index in [4.69, 9.17) is 5.73 Å². The normalized spacial score (nSPS) is 26.1. The van der Waals surface area contributed by atoms with Crippen LogP contribution in [0.2, 0.25) is 0 Å². The van der Waals surface area contributed by atoms with Gasteiger partial charge < -0.3 is 16.2 Å². The molecule has 92 valence electrons. The van der Waals surface area contributed by atoms with Crippen molar-refractivity contribution >= 4 is 5.91 Å². The molecule has 1 aliphatic carbocycles. The van der Waals surface area contributed by atoms with Crippen LogP contribution < -0.4 is 11.1 Å². The standard InChI is InChI=1S/C12H22N2O2/c1-8(2)5-11(15)7-14-12(16)9-3-4-10(13)6-9/h3-4,8-11,15H,5-7,13H2,1-2H3,(H,14,16). The molecule has 0 aromatic heterocycles. The number of nitrogens with one attached hydrogen (secondary N) is 1. The Bertz CT molecular complexity index is 264. The summed E-state index contributed by atoms with van der Waals surface area (Å²) < 4.78 is 0. The van der Waals surface area contributed by atoms with Crippen molar-refractivity contribution in [3.05, 3.63) is 12.2 Å². The maximum atomic E-state index is 11.7. The summed E-state index contributed by atoms with van der Waals surface area (Å²) in [6.45, 7) is 4.42. The first kappa shape index (κ1) is 13.2. The van der Waals surface area contributed by atoms with Gasteiger partial charge in [-0.1, -0.05) is 26.0 Å². The molecule has 4 heteroatoms. The predicted molar refractivity (Wildman–Crippen MR) is 63.7 cm³/mol. The molecular weight excluding hydrogens is 204 g/mol. The van der Waals surface area contributed by atoms with E-state index in [1.54, 1.807) is 0 Å². The number of aliphatic hydroxyl groups excluding tert-OH is 1. The molecule has 0 saturated heterocycles. The Morgan fingerprint density at radius 1 is 1.56 bits per heavy atom. The Labute approximate surface area is 96.9 Å². The second kappa shape index (κ2) is 6.01. The molecule has 0 heterocycles. The van der Waals surface area contributed by atoms with Crippen molar-refractivity contribution in [2.45, 2.75) is 38.8 Å². The molecule has 0 spiro atoms. The van der Waals surface area contributed by atoms with Crippen LogP contribution in [0.3, 0.4) is 0 Å². The summed E-state index contributed by atoms with van der Waals surface area (Å²) in [4.78, 5) is 11.7. The fourth-order valence-corrected chi connectivity index (χ4v) is 1.90. The van der Waals surface area contributed by atoms with Gasteiger partial charge in [0.05, 0.1) is 12.0 Å². The van der Waals surface area contributed by atoms with E-state index in [-0.39, 0.29) is 17.9 Å². The van der Waals surface area contributed by atoms with Gasteiger partial charge in [-0.15, -0.1) is 0 Å². The van der Waals surface area contributed by atoms with E-state index in [9.17, 15) is 9.90 Å². The Hall–Kier alpha value is -0.870. The van der Waals surface area contributed by atoms with Crippen LogP contribution in [0, 0.1) is 11.8 Å². The number of aliphatic hydroxyl groups is 1. The molecule has 0 bridgehead atoms. The maximum Gasteiger partial charge on any atom is 0.227 e. The van der Waals surface area contributed by atoms with Crippen LogP contribution in [0.15, 0.2) is 12.2 Å². The summed E-state index contributed by atoms with van der Waals surface area (Å²) in [5, 5.41) is 12.4. The molecule has 0 aliphatic heterocycles. The van der Waals surface area contributed by atoms with Crippen molar-refractivity contribution in [3.63, 3.8) is 0 Å². The van der Waals surface area contributed by atoms with Gasteiger partial charge in [0.2, 0.25) is 5.91 Å². The molecule has 1 amide bonds. The number of hydrogen-bond acceptors (Lipinski definition) is 3. The first-order valence-corrected chi connectivity index (χ1v) is 5.88. The van der Waals surface area contributed by atoms with Crippen molar-refractivity contribution in [2.75, 3.05) is 6.54 Å². The molecule has 0 aromatic rings. The molecule has 1 rings (SSSR count). The van der Waals surface area contributed by atoms with E-state index in [2.05, 4.69) is 5.32 Å². The van der Waals surface area contributed by atoms with Crippen molar-refractivity contribution in [1.82, 2.24) is 5.32 Å². The maximum absolute atomic E-state index is 11.7. The molecule has 4 nitrogen and oxygen atoms in total. The molecule has 16 heavy (non-hydrogen) atoms. The molecule has 3 unspecified atom stereocenters. The van der Waals surface area contributed by atoms with Crippen LogP contribution in [0.4, 0.5) is 0 Å². The summed E-state index contributed by atoms with van der Waals surface area (Å²) in [5.74, 6) is 0.278. The smallest absolute Gasteiger partial charge is 0.227 e. The quantitative estimate of drug-likeness (QED) is 0.594. The fourth-order valence-electron chi connectivity index (χ4n) is 1.90. The SMILES string of the molecule is CC(C)CC(O)CNC(=O)C1C=CC(N)C1. The highest BCUT2D eigenvalue weighted by atomic mass is 16.3. The van der Waals surface area contributed by atoms with Crippen LogP contribution in [0.25, 0.3) is 0 Å². The first-order valence-electron chi connectivity index (χ1n) is 5.88. The molecule has 0 radical (unpaired) electrons. The lowest BCUT2D eigenvalue weighted by Gasteiger charge is -2.15. The zero-order valence-corrected chi connectivity index (χ0v) is 10.0. The summed E-state index contributed by atoms with van der Waals surface area (Å²) in [6, 6.07) is -0.00339. The van der Waals surface area contributed by atoms with Crippen molar-refractivity contribution in [2.24, 2.45) is 17.6 Å². The van der Waals surface area contributed by atoms with E-state index >= 15 is 0 Å². The summed E-state index contributed by atoms with van der Waals surface area (Å²) in [5.41, 5.74) is 5.67. The molecule has 1 aliphatic rings. The fraction of sp³-hybridized carbons (Fsp3) is 0.750. The van der Waals surface area contributed by atoms with Gasteiger partial charge in [0.1, 0.15) is 0 Å². The Kier molecular flexibility index (Phi) is 4.96. The van der Waals surface area contributed by atoms with Crippen LogP contribution in [0.1, 0.15) is 26.7 Å². The third-order valence-corrected chi connectivity index (χ3v) is 2.71. The van der Waals surface area contributed by atoms with Crippen molar-refractivity contribution < 1.29 is 9.90 Å². The predicted octanol–water partition coefficient (Wildman–Crippen LogP) is 0.413. The second-order valence-corrected chi connectivity index (χ2v) is 4.92. The van der Waals surface area contributed by atoms with E-state index in [0.717, 1.165) is 0 Å². The van der Waals surface area contributed by atoms with Crippen molar-refractivity contribution in [1.29, 1.82) is 0 Å². The Morgan fingerprint density at radius 3 is 2.75 bits per heavy atom. The topological polar surface area (TPSA) is 75.3 Å². The minimum absolute atomic E-state index is 0.00339. The summed E-state index contributed by atoms with van der Waals surface area (Å²) in [6.07, 6.45) is 4.62. The number of nitrogens with two attached hydrogens (primary N) is 1. The molecule has 0 fully saturated rings. The lowest BCUT2D eigenvalue weighted by atomic mass is 10.0. The van der Waals surface area contributed by atoms with Crippen LogP contribution in [-0.4, -0.2) is 29.7 Å². The number of hydrogen-bond donors (Lipinski definition) is 3. The van der Waals surface area contributed by atoms with Gasteiger partial charge in [0.15, 0.2) is 0 Å². The highest BCUT2D eigenvalue weighted by molar-refractivity contribution is 5.81. The first-order chi connectivity index (χ1) is 7.49. The zero-order chi connectivity index (χ0) is 12.1. The van der Waals surface area contributed by atoms with Gasteiger partial charge in [0.25, 0.3) is 0 Å². The minimum atomic E-state index is -0.456. The van der Waals surface area contributed by atoms with Crippen molar-refractivity contribution in [3.8, 4) is 0 Å². The average molecular weight is 226 g/mol. The van der Waals surface area contributed by atoms with Gasteiger partial charge in [-0.3, -0.25) is 4.79 Å². The number of amides is 1. The third kappa shape index (κ3) is 4.33. The summed E-state index contributed by atoms with van der Waals surface area (Å²) >= 11 is 0. The summed E-state index contributed by atoms with van der Waals surface area (Å²) in [7, 11) is 0. The minimum Gasteiger partial charge on any atom is -0.391 e. The molecule has 4 N–H and O–H groups in total. The Balaban J connectivity index is 2.22. The average Bonchev–Trinajstić information content (AvgIpc) is 2.60. The highest BCUT2D eigenvalue weighted by Gasteiger charge is 2.22. The number of carbonyl (C=O) groups excluding carboxylic acids is 1. The Morgan fingerprint density at radius 2 is 2.25 bits per heavy atom. The van der Waals surface area contributed by atoms with E-state index in [1.807, 2.05) is 26.0 Å². The van der Waals surface area contributed by atoms with E-state index in [0.29, 0.717) is 25.3 Å². The van der Waals surface area contributed by atoms with Crippen LogP contribution in [-0.2, 0) is 4.79 Å². The van der Waals surface area contributed by atoms with Gasteiger partial charge in [-0.25, -0.2) is 0 Å². The largest absolute Gasteiger partial charge is 0.391 e. The lowest BCUT2D eigenvalue weighted by Crippen LogP contribution is -2.36. The van der Waals surface area contributed by atoms with E-state index in [1.165, 1.54) is 0 Å². The van der Waals surface area contributed by atoms with Gasteiger partial charge in [-0.2, -0.15) is 0 Å². The molecular formula is C12H22N2O2. The van der Waals surface area contributed by atoms with Crippen LogP contribution in [0.5, 0.6) is 0 Å². The van der Waals surface area contributed by atoms with E-state index < -0.39 is 6.10 Å².